The number of amides is 1. The zero-order valence-corrected chi connectivity index (χ0v) is 20.7. The minimum Gasteiger partial charge on any atom is -0.354 e. The number of hydrazine groups is 1. The highest BCUT2D eigenvalue weighted by molar-refractivity contribution is 7.99. The van der Waals surface area contributed by atoms with Crippen molar-refractivity contribution in [3.8, 4) is 0 Å². The number of rotatable bonds is 7. The smallest absolute Gasteiger partial charge is 0.271 e. The highest BCUT2D eigenvalue weighted by atomic mass is 32.2. The van der Waals surface area contributed by atoms with Gasteiger partial charge in [-0.25, -0.2) is 8.42 Å². The zero-order chi connectivity index (χ0) is 24.4. The molecule has 7 nitrogen and oxygen atoms in total. The van der Waals surface area contributed by atoms with Crippen LogP contribution >= 0.6 is 23.1 Å². The molecule has 0 aliphatic carbocycles. The summed E-state index contributed by atoms with van der Waals surface area (Å²) in [7, 11) is -3.79. The Morgan fingerprint density at radius 1 is 0.857 bits per heavy atom. The maximum atomic E-state index is 12.9. The molecule has 2 heterocycles. The maximum Gasteiger partial charge on any atom is 0.271 e. The predicted octanol–water partition coefficient (Wildman–Crippen LogP) is 5.66. The molecular weight excluding hydrogens is 501 g/mol. The molecule has 1 aliphatic rings. The fourth-order valence-corrected chi connectivity index (χ4v) is 6.52. The van der Waals surface area contributed by atoms with Gasteiger partial charge in [-0.05, 0) is 47.8 Å². The van der Waals surface area contributed by atoms with Crippen molar-refractivity contribution in [3.63, 3.8) is 0 Å². The Hall–Kier alpha value is -3.73. The van der Waals surface area contributed by atoms with Crippen LogP contribution in [-0.4, -0.2) is 14.3 Å². The Bertz CT molecular complexity index is 1530. The van der Waals surface area contributed by atoms with E-state index >= 15 is 0 Å². The number of nitrogens with one attached hydrogen (secondary N) is 4. The second-order valence-corrected chi connectivity index (χ2v) is 11.5. The summed E-state index contributed by atoms with van der Waals surface area (Å²) in [6.45, 7) is 4.03. The van der Waals surface area contributed by atoms with Gasteiger partial charge in [-0.15, -0.1) is 11.3 Å². The van der Waals surface area contributed by atoms with E-state index in [-0.39, 0.29) is 15.5 Å². The quantitative estimate of drug-likeness (QED) is 0.207. The van der Waals surface area contributed by atoms with Crippen LogP contribution in [0.25, 0.3) is 5.70 Å². The summed E-state index contributed by atoms with van der Waals surface area (Å²) < 4.78 is 27.9. The van der Waals surface area contributed by atoms with Gasteiger partial charge in [0.2, 0.25) is 0 Å². The lowest BCUT2D eigenvalue weighted by Gasteiger charge is -2.22. The largest absolute Gasteiger partial charge is 0.354 e. The van der Waals surface area contributed by atoms with Gasteiger partial charge in [-0.3, -0.25) is 20.4 Å². The van der Waals surface area contributed by atoms with Gasteiger partial charge in [-0.2, -0.15) is 0 Å². The molecule has 10 heteroatoms. The molecule has 1 aromatic heterocycles. The molecule has 0 spiro atoms. The number of hydrogen-bond acceptors (Lipinski definition) is 7. The Labute approximate surface area is 211 Å². The lowest BCUT2D eigenvalue weighted by atomic mass is 10.1. The molecule has 0 saturated carbocycles. The van der Waals surface area contributed by atoms with Crippen LogP contribution in [0.1, 0.15) is 15.9 Å². The molecule has 0 bridgehead atoms. The molecule has 0 radical (unpaired) electrons. The number of carbonyl (C=O) groups is 1. The fraction of sp³-hybridized carbons (Fsp3) is 0. The average molecular weight is 521 g/mol. The summed E-state index contributed by atoms with van der Waals surface area (Å²) in [5, 5.41) is 5.10. The van der Waals surface area contributed by atoms with Crippen LogP contribution in [0.3, 0.4) is 0 Å². The van der Waals surface area contributed by atoms with Crippen LogP contribution in [0.4, 0.5) is 17.1 Å². The first-order valence-electron chi connectivity index (χ1n) is 10.5. The normalized spacial score (nSPS) is 12.0. The first kappa shape index (κ1) is 23.0. The molecule has 176 valence electrons. The summed E-state index contributed by atoms with van der Waals surface area (Å²) in [6.07, 6.45) is 0. The Kier molecular flexibility index (Phi) is 6.25. The topological polar surface area (TPSA) is 99.3 Å². The van der Waals surface area contributed by atoms with E-state index in [1.807, 2.05) is 36.4 Å². The number of thiophene rings is 1. The third-order valence-corrected chi connectivity index (χ3v) is 9.12. The van der Waals surface area contributed by atoms with Gasteiger partial charge < -0.3 is 5.32 Å². The van der Waals surface area contributed by atoms with Crippen molar-refractivity contribution < 1.29 is 13.2 Å². The Morgan fingerprint density at radius 2 is 1.63 bits per heavy atom. The van der Waals surface area contributed by atoms with E-state index in [1.165, 1.54) is 6.07 Å². The first-order chi connectivity index (χ1) is 16.9. The minimum atomic E-state index is -3.79. The van der Waals surface area contributed by atoms with Crippen LogP contribution in [0.2, 0.25) is 0 Å². The van der Waals surface area contributed by atoms with Crippen LogP contribution < -0.4 is 20.9 Å². The molecule has 35 heavy (non-hydrogen) atoms. The standard InChI is InChI=1S/C25H20N4O3S3/c1-16(17-12-13-23-21(15-17)26-20-9-4-5-10-22(20)34-23)27-28-25(30)18-7-2-3-8-19(18)29-35(31,32)24-11-6-14-33-24/h2-15,26-27,29H,1H2,(H,28,30). The van der Waals surface area contributed by atoms with E-state index in [2.05, 4.69) is 33.5 Å². The van der Waals surface area contributed by atoms with Gasteiger partial charge in [0, 0.05) is 15.4 Å². The van der Waals surface area contributed by atoms with Crippen molar-refractivity contribution in [2.45, 2.75) is 14.0 Å². The predicted molar refractivity (Wildman–Crippen MR) is 141 cm³/mol. The molecule has 4 N–H and O–H groups in total. The third-order valence-electron chi connectivity index (χ3n) is 5.21. The number of benzene rings is 3. The van der Waals surface area contributed by atoms with E-state index in [0.29, 0.717) is 5.70 Å². The van der Waals surface area contributed by atoms with Gasteiger partial charge in [0.1, 0.15) is 4.21 Å². The van der Waals surface area contributed by atoms with Gasteiger partial charge in [-0.1, -0.05) is 54.7 Å². The van der Waals surface area contributed by atoms with E-state index in [4.69, 9.17) is 0 Å². The van der Waals surface area contributed by atoms with Crippen LogP contribution in [0, 0.1) is 0 Å². The monoisotopic (exact) mass is 520 g/mol. The van der Waals surface area contributed by atoms with Crippen LogP contribution in [0.5, 0.6) is 0 Å². The number of fused-ring (bicyclic) bond motifs is 2. The number of para-hydroxylation sites is 2. The first-order valence-corrected chi connectivity index (χ1v) is 13.7. The van der Waals surface area contributed by atoms with Crippen LogP contribution in [0.15, 0.2) is 105 Å². The van der Waals surface area contributed by atoms with Crippen molar-refractivity contribution in [2.75, 3.05) is 10.0 Å². The molecular formula is C25H20N4O3S3. The van der Waals surface area contributed by atoms with Gasteiger partial charge in [0.15, 0.2) is 0 Å². The number of anilines is 3. The maximum absolute atomic E-state index is 12.9. The molecule has 5 rings (SSSR count). The lowest BCUT2D eigenvalue weighted by Crippen LogP contribution is -2.36. The third kappa shape index (κ3) is 4.90. The molecule has 0 fully saturated rings. The summed E-state index contributed by atoms with van der Waals surface area (Å²) in [5.41, 5.74) is 9.07. The lowest BCUT2D eigenvalue weighted by molar-refractivity contribution is 0.0943. The van der Waals surface area contributed by atoms with E-state index in [9.17, 15) is 13.2 Å². The number of carbonyl (C=O) groups excluding carboxylic acids is 1. The molecule has 0 atom stereocenters. The molecule has 4 aromatic rings. The summed E-state index contributed by atoms with van der Waals surface area (Å²) in [5.74, 6) is -0.504. The second-order valence-electron chi connectivity index (χ2n) is 7.58. The van der Waals surface area contributed by atoms with Crippen molar-refractivity contribution in [1.82, 2.24) is 10.9 Å². The Morgan fingerprint density at radius 3 is 2.46 bits per heavy atom. The zero-order valence-electron chi connectivity index (χ0n) is 18.2. The van der Waals surface area contributed by atoms with Crippen molar-refractivity contribution in [3.05, 3.63) is 102 Å². The van der Waals surface area contributed by atoms with Crippen molar-refractivity contribution in [1.29, 1.82) is 0 Å². The molecule has 3 aromatic carbocycles. The highest BCUT2D eigenvalue weighted by Gasteiger charge is 2.20. The molecule has 0 saturated heterocycles. The van der Waals surface area contributed by atoms with E-state index in [0.717, 1.165) is 38.1 Å². The van der Waals surface area contributed by atoms with E-state index < -0.39 is 15.9 Å². The minimum absolute atomic E-state index is 0.168. The number of sulfonamides is 1. The highest BCUT2D eigenvalue weighted by Crippen LogP contribution is 2.44. The summed E-state index contributed by atoms with van der Waals surface area (Å²) in [4.78, 5) is 15.1. The van der Waals surface area contributed by atoms with E-state index in [1.54, 1.807) is 47.5 Å². The SMILES string of the molecule is C=C(NNC(=O)c1ccccc1NS(=O)(=O)c1cccs1)c1ccc2c(c1)Nc1ccccc1S2. The fourth-order valence-electron chi connectivity index (χ4n) is 3.48. The van der Waals surface area contributed by atoms with Gasteiger partial charge in [0.05, 0.1) is 28.3 Å². The Balaban J connectivity index is 1.27. The van der Waals surface area contributed by atoms with Crippen LogP contribution in [-0.2, 0) is 10.0 Å². The average Bonchev–Trinajstić information content (AvgIpc) is 3.42. The summed E-state index contributed by atoms with van der Waals surface area (Å²) >= 11 is 2.79. The molecule has 0 unspecified atom stereocenters. The van der Waals surface area contributed by atoms with Crippen molar-refractivity contribution >= 4 is 61.8 Å². The molecule has 1 aliphatic heterocycles. The van der Waals surface area contributed by atoms with Gasteiger partial charge in [0.25, 0.3) is 15.9 Å². The van der Waals surface area contributed by atoms with Crippen molar-refractivity contribution in [2.24, 2.45) is 0 Å². The second kappa shape index (κ2) is 9.49. The molecule has 1 amide bonds. The summed E-state index contributed by atoms with van der Waals surface area (Å²) in [6, 6.07) is 23.5. The number of hydrogen-bond donors (Lipinski definition) is 4. The van der Waals surface area contributed by atoms with Gasteiger partial charge >= 0.3 is 0 Å².